The minimum absolute atomic E-state index is 0.0627. The van der Waals surface area contributed by atoms with Gasteiger partial charge in [-0.15, -0.1) is 0 Å². The first-order valence-corrected chi connectivity index (χ1v) is 14.8. The summed E-state index contributed by atoms with van der Waals surface area (Å²) in [6.07, 6.45) is 3.98. The van der Waals surface area contributed by atoms with E-state index in [0.29, 0.717) is 5.92 Å². The first kappa shape index (κ1) is 22.7. The fourth-order valence-corrected chi connectivity index (χ4v) is 10.2. The normalized spacial score (nSPS) is 37.9. The van der Waals surface area contributed by atoms with Crippen LogP contribution in [0.15, 0.2) is 66.7 Å². The van der Waals surface area contributed by atoms with Crippen molar-refractivity contribution in [1.29, 1.82) is 0 Å². The Morgan fingerprint density at radius 2 is 1.41 bits per heavy atom. The molecule has 0 saturated carbocycles. The molecular formula is C33H38N6. The Bertz CT molecular complexity index is 1520. The zero-order valence-corrected chi connectivity index (χ0v) is 23.2. The molecule has 6 heteroatoms. The zero-order chi connectivity index (χ0) is 26.1. The summed E-state index contributed by atoms with van der Waals surface area (Å²) in [6.45, 7) is 3.31. The van der Waals surface area contributed by atoms with E-state index in [1.807, 2.05) is 0 Å². The van der Waals surface area contributed by atoms with Crippen molar-refractivity contribution in [2.45, 2.75) is 54.0 Å². The monoisotopic (exact) mass is 518 g/mol. The molecule has 6 nitrogen and oxygen atoms in total. The van der Waals surface area contributed by atoms with E-state index in [9.17, 15) is 0 Å². The highest BCUT2D eigenvalue weighted by molar-refractivity contribution is 5.78. The van der Waals surface area contributed by atoms with Crippen LogP contribution in [-0.4, -0.2) is 73.5 Å². The molecule has 6 aliphatic heterocycles. The number of hydrogen-bond donors (Lipinski definition) is 3. The number of likely N-dealkylation sites (tertiary alicyclic amines) is 3. The summed E-state index contributed by atoms with van der Waals surface area (Å²) in [4.78, 5) is 7.78. The molecular weight excluding hydrogens is 480 g/mol. The lowest BCUT2D eigenvalue weighted by molar-refractivity contribution is 0.0728. The predicted octanol–water partition coefficient (Wildman–Crippen LogP) is 4.63. The van der Waals surface area contributed by atoms with Crippen molar-refractivity contribution >= 4 is 17.1 Å². The Kier molecular flexibility index (Phi) is 4.29. The van der Waals surface area contributed by atoms with E-state index in [0.717, 1.165) is 32.5 Å². The minimum atomic E-state index is -0.154. The van der Waals surface area contributed by atoms with Crippen LogP contribution in [0, 0.1) is 0 Å². The first-order valence-electron chi connectivity index (χ1n) is 14.8. The van der Waals surface area contributed by atoms with Gasteiger partial charge in [-0.3, -0.25) is 14.7 Å². The second-order valence-electron chi connectivity index (χ2n) is 13.0. The zero-order valence-electron chi connectivity index (χ0n) is 23.2. The van der Waals surface area contributed by atoms with Gasteiger partial charge in [0.05, 0.1) is 23.2 Å². The molecule has 3 fully saturated rings. The number of nitrogens with zero attached hydrogens (tertiary/aromatic N) is 3. The van der Waals surface area contributed by atoms with Gasteiger partial charge >= 0.3 is 0 Å². The summed E-state index contributed by atoms with van der Waals surface area (Å²) in [5.74, 6) is 0.474. The second kappa shape index (κ2) is 7.36. The lowest BCUT2D eigenvalue weighted by atomic mass is 9.63. The Labute approximate surface area is 231 Å². The van der Waals surface area contributed by atoms with E-state index in [-0.39, 0.29) is 28.8 Å². The second-order valence-corrected chi connectivity index (χ2v) is 13.0. The molecule has 39 heavy (non-hydrogen) atoms. The van der Waals surface area contributed by atoms with Crippen molar-refractivity contribution in [3.63, 3.8) is 0 Å². The van der Waals surface area contributed by atoms with E-state index in [1.54, 1.807) is 0 Å². The highest BCUT2D eigenvalue weighted by Crippen LogP contribution is 2.67. The average Bonchev–Trinajstić information content (AvgIpc) is 3.76. The highest BCUT2D eigenvalue weighted by Gasteiger charge is 2.72. The van der Waals surface area contributed by atoms with Gasteiger partial charge in [0.25, 0.3) is 0 Å². The van der Waals surface area contributed by atoms with Crippen LogP contribution in [0.25, 0.3) is 0 Å². The molecule has 6 heterocycles. The van der Waals surface area contributed by atoms with Gasteiger partial charge in [-0.2, -0.15) is 0 Å². The van der Waals surface area contributed by atoms with Gasteiger partial charge in [0, 0.05) is 42.6 Å². The Morgan fingerprint density at radius 3 is 2.31 bits per heavy atom. The van der Waals surface area contributed by atoms with Crippen LogP contribution in [0.4, 0.5) is 17.1 Å². The van der Waals surface area contributed by atoms with Crippen LogP contribution < -0.4 is 16.0 Å². The molecule has 0 aromatic heterocycles. The fourth-order valence-electron chi connectivity index (χ4n) is 10.2. The lowest BCUT2D eigenvalue weighted by Crippen LogP contribution is -2.67. The molecule has 3 aromatic rings. The number of para-hydroxylation sites is 3. The number of anilines is 3. The van der Waals surface area contributed by atoms with Crippen LogP contribution >= 0.6 is 0 Å². The highest BCUT2D eigenvalue weighted by atomic mass is 15.4. The molecule has 6 aliphatic rings. The van der Waals surface area contributed by atoms with Crippen LogP contribution in [0.1, 0.15) is 47.4 Å². The number of rotatable bonds is 2. The van der Waals surface area contributed by atoms with Gasteiger partial charge in [-0.25, -0.2) is 0 Å². The number of nitrogens with one attached hydrogen (secondary N) is 3. The minimum Gasteiger partial charge on any atom is -0.368 e. The van der Waals surface area contributed by atoms with E-state index in [2.05, 4.69) is 119 Å². The third-order valence-corrected chi connectivity index (χ3v) is 11.7. The summed E-state index contributed by atoms with van der Waals surface area (Å²) >= 11 is 0. The molecule has 3 saturated heterocycles. The predicted molar refractivity (Wildman–Crippen MR) is 157 cm³/mol. The quantitative estimate of drug-likeness (QED) is 0.460. The maximum atomic E-state index is 4.23. The van der Waals surface area contributed by atoms with E-state index >= 15 is 0 Å². The number of benzene rings is 3. The number of likely N-dealkylation sites (N-methyl/N-ethyl adjacent to an activating group) is 3. The van der Waals surface area contributed by atoms with Crippen molar-refractivity contribution in [3.8, 4) is 0 Å². The molecule has 3 N–H and O–H groups in total. The first-order chi connectivity index (χ1) is 19.0. The van der Waals surface area contributed by atoms with Crippen LogP contribution in [0.5, 0.6) is 0 Å². The van der Waals surface area contributed by atoms with Gasteiger partial charge in [-0.1, -0.05) is 54.6 Å². The van der Waals surface area contributed by atoms with Crippen molar-refractivity contribution in [2.24, 2.45) is 0 Å². The third kappa shape index (κ3) is 2.39. The van der Waals surface area contributed by atoms with Crippen molar-refractivity contribution in [2.75, 3.05) is 56.7 Å². The van der Waals surface area contributed by atoms with E-state index < -0.39 is 0 Å². The molecule has 9 rings (SSSR count). The van der Waals surface area contributed by atoms with Gasteiger partial charge in [-0.05, 0) is 74.8 Å². The molecule has 0 amide bonds. The standard InChI is InChI=1S/C33H38N6/c1-37-19-16-31(23-10-5-7-14-27(23)34-29(31)37)24-11-8-12-25-28(24)35-30-32(25,17-20-38(30)2)33-22(15-18-39(33)3)21-9-4-6-13-26(21)36-33/h4-14,22,29-30,34-36H,15-20H2,1-3H3/t22-,29+,30+,31+,32-,33+/m0/s1. The van der Waals surface area contributed by atoms with Gasteiger partial charge in [0.2, 0.25) is 0 Å². The Hall–Kier alpha value is -3.06. The maximum Gasteiger partial charge on any atom is 0.111 e. The summed E-state index contributed by atoms with van der Waals surface area (Å²) in [5, 5.41) is 12.4. The summed E-state index contributed by atoms with van der Waals surface area (Å²) in [6, 6.07) is 25.4. The summed E-state index contributed by atoms with van der Waals surface area (Å²) in [5.41, 5.74) is 9.66. The largest absolute Gasteiger partial charge is 0.368 e. The summed E-state index contributed by atoms with van der Waals surface area (Å²) in [7, 11) is 6.97. The number of hydrogen-bond acceptors (Lipinski definition) is 6. The molecule has 200 valence electrons. The molecule has 0 radical (unpaired) electrons. The Morgan fingerprint density at radius 1 is 0.692 bits per heavy atom. The molecule has 0 unspecified atom stereocenters. The lowest BCUT2D eigenvalue weighted by Gasteiger charge is -2.52. The van der Waals surface area contributed by atoms with Crippen LogP contribution in [0.3, 0.4) is 0 Å². The third-order valence-electron chi connectivity index (χ3n) is 11.7. The SMILES string of the molecule is CN1CC[C@]2(c3cccc4c3N[C@@H]3N(C)CC[C@]43[C@@]34Nc5ccccc5[C@@H]3CCN4C)c3ccccc3N[C@H]12. The molecule has 3 aromatic carbocycles. The molecule has 6 atom stereocenters. The Balaban J connectivity index is 1.29. The van der Waals surface area contributed by atoms with Crippen LogP contribution in [0.2, 0.25) is 0 Å². The van der Waals surface area contributed by atoms with Crippen LogP contribution in [-0.2, 0) is 10.8 Å². The van der Waals surface area contributed by atoms with Crippen molar-refractivity contribution in [1.82, 2.24) is 14.7 Å². The molecule has 0 aliphatic carbocycles. The van der Waals surface area contributed by atoms with Gasteiger partial charge < -0.3 is 16.0 Å². The maximum absolute atomic E-state index is 4.23. The molecule has 0 spiro atoms. The van der Waals surface area contributed by atoms with Crippen molar-refractivity contribution < 1.29 is 0 Å². The summed E-state index contributed by atoms with van der Waals surface area (Å²) < 4.78 is 0. The fraction of sp³-hybridized carbons (Fsp3) is 0.455. The topological polar surface area (TPSA) is 45.8 Å². The van der Waals surface area contributed by atoms with Gasteiger partial charge in [0.1, 0.15) is 5.66 Å². The number of fused-ring (bicyclic) bond motifs is 10. The smallest absolute Gasteiger partial charge is 0.111 e. The molecule has 0 bridgehead atoms. The van der Waals surface area contributed by atoms with Crippen molar-refractivity contribution in [3.05, 3.63) is 89.0 Å². The van der Waals surface area contributed by atoms with E-state index in [1.165, 1.54) is 45.7 Å². The van der Waals surface area contributed by atoms with Gasteiger partial charge in [0.15, 0.2) is 0 Å². The van der Waals surface area contributed by atoms with E-state index in [4.69, 9.17) is 0 Å². The average molecular weight is 519 g/mol.